The van der Waals surface area contributed by atoms with E-state index in [0.717, 1.165) is 17.0 Å². The average Bonchev–Trinajstić information content (AvgIpc) is 2.45. The van der Waals surface area contributed by atoms with Crippen molar-refractivity contribution in [2.24, 2.45) is 0 Å². The van der Waals surface area contributed by atoms with Gasteiger partial charge in [-0.1, -0.05) is 25.1 Å². The molecule has 0 radical (unpaired) electrons. The molecule has 0 bridgehead atoms. The van der Waals surface area contributed by atoms with E-state index in [-0.39, 0.29) is 12.1 Å². The van der Waals surface area contributed by atoms with E-state index < -0.39 is 10.0 Å². The summed E-state index contributed by atoms with van der Waals surface area (Å²) < 4.78 is 24.5. The van der Waals surface area contributed by atoms with Gasteiger partial charge in [-0.2, -0.15) is 0 Å². The first-order valence-electron chi connectivity index (χ1n) is 7.01. The summed E-state index contributed by atoms with van der Waals surface area (Å²) in [5.41, 5.74) is 0.846. The zero-order chi connectivity index (χ0) is 16.8. The molecule has 2 N–H and O–H groups in total. The molecule has 1 atom stereocenters. The summed E-state index contributed by atoms with van der Waals surface area (Å²) in [5, 5.41) is 5.53. The van der Waals surface area contributed by atoms with E-state index in [1.807, 2.05) is 6.92 Å². The van der Waals surface area contributed by atoms with Crippen molar-refractivity contribution < 1.29 is 13.2 Å². The fourth-order valence-electron chi connectivity index (χ4n) is 1.91. The smallest absolute Gasteiger partial charge is 0.319 e. The van der Waals surface area contributed by atoms with E-state index in [0.29, 0.717) is 17.8 Å². The van der Waals surface area contributed by atoms with Crippen LogP contribution in [0.5, 0.6) is 0 Å². The minimum atomic E-state index is -3.40. The number of hydrogen-bond donors (Lipinski definition) is 2. The molecule has 0 aromatic heterocycles. The number of urea groups is 1. The molecule has 0 aliphatic heterocycles. The lowest BCUT2D eigenvalue weighted by molar-refractivity contribution is 0.248. The molecule has 7 heteroatoms. The number of amides is 2. The number of para-hydroxylation sites is 2. The molecule has 2 amide bonds. The molecule has 0 saturated carbocycles. The first-order chi connectivity index (χ1) is 10.3. The third-order valence-corrected chi connectivity index (χ3v) is 4.46. The number of rotatable bonds is 7. The second-order valence-electron chi connectivity index (χ2n) is 4.98. The van der Waals surface area contributed by atoms with Crippen LogP contribution in [0.4, 0.5) is 16.2 Å². The molecule has 0 spiro atoms. The van der Waals surface area contributed by atoms with Gasteiger partial charge in [0.2, 0.25) is 10.0 Å². The normalized spacial score (nSPS) is 12.3. The van der Waals surface area contributed by atoms with Gasteiger partial charge in [-0.25, -0.2) is 13.2 Å². The minimum absolute atomic E-state index is 0.00250. The maximum atomic E-state index is 12.1. The quantitative estimate of drug-likeness (QED) is 0.756. The van der Waals surface area contributed by atoms with Crippen LogP contribution in [0.1, 0.15) is 19.8 Å². The van der Waals surface area contributed by atoms with Crippen LogP contribution in [0.3, 0.4) is 0 Å². The predicted octanol–water partition coefficient (Wildman–Crippen LogP) is 2.56. The molecule has 0 unspecified atom stereocenters. The summed E-state index contributed by atoms with van der Waals surface area (Å²) in [6.45, 7) is 5.63. The van der Waals surface area contributed by atoms with Crippen LogP contribution in [-0.4, -0.2) is 33.8 Å². The van der Waals surface area contributed by atoms with E-state index in [9.17, 15) is 13.2 Å². The van der Waals surface area contributed by atoms with Gasteiger partial charge in [-0.05, 0) is 25.0 Å². The second kappa shape index (κ2) is 7.84. The molecule has 0 heterocycles. The number of sulfonamides is 1. The Labute approximate surface area is 132 Å². The van der Waals surface area contributed by atoms with Crippen LogP contribution in [0.25, 0.3) is 0 Å². The van der Waals surface area contributed by atoms with E-state index in [2.05, 4.69) is 17.2 Å². The van der Waals surface area contributed by atoms with Gasteiger partial charge in [-0.15, -0.1) is 6.58 Å². The van der Waals surface area contributed by atoms with Crippen molar-refractivity contribution in [1.29, 1.82) is 0 Å². The zero-order valence-corrected chi connectivity index (χ0v) is 14.0. The van der Waals surface area contributed by atoms with Crippen molar-refractivity contribution in [1.82, 2.24) is 5.32 Å². The van der Waals surface area contributed by atoms with Gasteiger partial charge >= 0.3 is 6.03 Å². The molecule has 1 aromatic carbocycles. The maximum absolute atomic E-state index is 12.1. The van der Waals surface area contributed by atoms with Gasteiger partial charge in [0, 0.05) is 13.1 Å². The molecule has 22 heavy (non-hydrogen) atoms. The van der Waals surface area contributed by atoms with Crippen LogP contribution in [0, 0.1) is 0 Å². The van der Waals surface area contributed by atoms with Crippen LogP contribution in [-0.2, 0) is 10.0 Å². The third-order valence-electron chi connectivity index (χ3n) is 3.27. The Morgan fingerprint density at radius 3 is 2.59 bits per heavy atom. The summed E-state index contributed by atoms with van der Waals surface area (Å²) in [6, 6.07) is 6.37. The topological polar surface area (TPSA) is 78.5 Å². The highest BCUT2D eigenvalue weighted by Gasteiger charge is 2.17. The molecule has 0 saturated heterocycles. The maximum Gasteiger partial charge on any atom is 0.319 e. The number of carbonyl (C=O) groups excluding carboxylic acids is 1. The van der Waals surface area contributed by atoms with Crippen molar-refractivity contribution in [3.05, 3.63) is 36.9 Å². The standard InChI is InChI=1S/C15H23N3O3S/c1-5-9-12(6-2)16-15(19)17-13-10-7-8-11-14(13)18(3)22(4,20)21/h5,7-8,10-12H,1,6,9H2,2-4H3,(H2,16,17,19)/t12-/m1/s1. The predicted molar refractivity (Wildman–Crippen MR) is 90.7 cm³/mol. The minimum Gasteiger partial charge on any atom is -0.335 e. The van der Waals surface area contributed by atoms with E-state index in [1.54, 1.807) is 30.3 Å². The molecule has 0 fully saturated rings. The second-order valence-corrected chi connectivity index (χ2v) is 6.99. The molecule has 1 aromatic rings. The Bertz CT molecular complexity index is 629. The van der Waals surface area contributed by atoms with Crippen molar-refractivity contribution >= 4 is 27.4 Å². The van der Waals surface area contributed by atoms with Gasteiger partial charge in [0.25, 0.3) is 0 Å². The monoisotopic (exact) mass is 325 g/mol. The van der Waals surface area contributed by atoms with Crippen molar-refractivity contribution in [2.75, 3.05) is 22.9 Å². The lowest BCUT2D eigenvalue weighted by Crippen LogP contribution is -2.37. The molecule has 1 rings (SSSR count). The van der Waals surface area contributed by atoms with Crippen LogP contribution < -0.4 is 14.9 Å². The highest BCUT2D eigenvalue weighted by molar-refractivity contribution is 7.92. The van der Waals surface area contributed by atoms with Gasteiger partial charge in [-0.3, -0.25) is 4.31 Å². The highest BCUT2D eigenvalue weighted by Crippen LogP contribution is 2.26. The fraction of sp³-hybridized carbons (Fsp3) is 0.400. The van der Waals surface area contributed by atoms with Crippen LogP contribution in [0.2, 0.25) is 0 Å². The number of anilines is 2. The number of benzene rings is 1. The van der Waals surface area contributed by atoms with Crippen LogP contribution in [0.15, 0.2) is 36.9 Å². The lowest BCUT2D eigenvalue weighted by atomic mass is 10.1. The fourth-order valence-corrected chi connectivity index (χ4v) is 2.42. The number of hydrogen-bond acceptors (Lipinski definition) is 3. The number of carbonyl (C=O) groups is 1. The van der Waals surface area contributed by atoms with Crippen LogP contribution >= 0.6 is 0 Å². The summed E-state index contributed by atoms with van der Waals surface area (Å²) >= 11 is 0. The number of nitrogens with one attached hydrogen (secondary N) is 2. The molecule has 122 valence electrons. The zero-order valence-electron chi connectivity index (χ0n) is 13.2. The Morgan fingerprint density at radius 1 is 1.41 bits per heavy atom. The lowest BCUT2D eigenvalue weighted by Gasteiger charge is -2.21. The van der Waals surface area contributed by atoms with Gasteiger partial charge < -0.3 is 10.6 Å². The van der Waals surface area contributed by atoms with Gasteiger partial charge in [0.05, 0.1) is 17.6 Å². The summed E-state index contributed by atoms with van der Waals surface area (Å²) in [7, 11) is -1.96. The Morgan fingerprint density at radius 2 is 2.05 bits per heavy atom. The largest absolute Gasteiger partial charge is 0.335 e. The SMILES string of the molecule is C=CC[C@@H](CC)NC(=O)Nc1ccccc1N(C)S(C)(=O)=O. The van der Waals surface area contributed by atoms with Gasteiger partial charge in [0.1, 0.15) is 0 Å². The third kappa shape index (κ3) is 5.07. The molecule has 0 aliphatic carbocycles. The Balaban J connectivity index is 2.90. The molecular weight excluding hydrogens is 302 g/mol. The average molecular weight is 325 g/mol. The summed E-state index contributed by atoms with van der Waals surface area (Å²) in [4.78, 5) is 12.1. The van der Waals surface area contributed by atoms with E-state index >= 15 is 0 Å². The first kappa shape index (κ1) is 18.0. The highest BCUT2D eigenvalue weighted by atomic mass is 32.2. The Kier molecular flexibility index (Phi) is 6.42. The Hall–Kier alpha value is -2.02. The van der Waals surface area contributed by atoms with E-state index in [4.69, 9.17) is 0 Å². The van der Waals surface area contributed by atoms with Gasteiger partial charge in [0.15, 0.2) is 0 Å². The molecule has 6 nitrogen and oxygen atoms in total. The molecule has 0 aliphatic rings. The number of nitrogens with zero attached hydrogens (tertiary/aromatic N) is 1. The van der Waals surface area contributed by atoms with Crippen molar-refractivity contribution in [3.8, 4) is 0 Å². The first-order valence-corrected chi connectivity index (χ1v) is 8.85. The van der Waals surface area contributed by atoms with Crippen molar-refractivity contribution in [2.45, 2.75) is 25.8 Å². The van der Waals surface area contributed by atoms with E-state index in [1.165, 1.54) is 7.05 Å². The molecular formula is C15H23N3O3S. The van der Waals surface area contributed by atoms with Crippen molar-refractivity contribution in [3.63, 3.8) is 0 Å². The summed E-state index contributed by atoms with van der Waals surface area (Å²) in [6.07, 6.45) is 4.32. The summed E-state index contributed by atoms with van der Waals surface area (Å²) in [5.74, 6) is 0.